The molecule has 1 aliphatic heterocycles. The number of hydroxylamine groups is 1. The van der Waals surface area contributed by atoms with Gasteiger partial charge in [0.1, 0.15) is 0 Å². The lowest BCUT2D eigenvalue weighted by Crippen LogP contribution is -2.22. The lowest BCUT2D eigenvalue weighted by Gasteiger charge is -2.22. The van der Waals surface area contributed by atoms with Crippen LogP contribution in [0.5, 0.6) is 0 Å². The van der Waals surface area contributed by atoms with Gasteiger partial charge in [-0.2, -0.15) is 0 Å². The minimum atomic E-state index is 0.595. The molecule has 1 aliphatic rings. The van der Waals surface area contributed by atoms with Crippen molar-refractivity contribution < 1.29 is 5.21 Å². The largest absolute Gasteiger partial charge is 0.288 e. The molecule has 0 radical (unpaired) electrons. The predicted molar refractivity (Wildman–Crippen MR) is 57.6 cm³/mol. The molecule has 62 valence electrons. The quantitative estimate of drug-likeness (QED) is 0.734. The summed E-state index contributed by atoms with van der Waals surface area (Å²) in [7, 11) is 0. The zero-order valence-corrected chi connectivity index (χ0v) is 8.52. The Morgan fingerprint density at radius 1 is 1.33 bits per heavy atom. The topological polar surface area (TPSA) is 23.5 Å². The lowest BCUT2D eigenvalue weighted by molar-refractivity contribution is 0.265. The second-order valence-corrected chi connectivity index (χ2v) is 4.09. The molecule has 0 amide bonds. The number of benzene rings is 1. The third kappa shape index (κ3) is 1.34. The van der Waals surface area contributed by atoms with E-state index in [1.54, 1.807) is 0 Å². The van der Waals surface area contributed by atoms with Crippen molar-refractivity contribution >= 4 is 34.4 Å². The van der Waals surface area contributed by atoms with Gasteiger partial charge in [0.2, 0.25) is 0 Å². The van der Waals surface area contributed by atoms with Crippen LogP contribution in [0.3, 0.4) is 0 Å². The van der Waals surface area contributed by atoms with Crippen LogP contribution in [0.15, 0.2) is 27.8 Å². The molecule has 2 nitrogen and oxygen atoms in total. The summed E-state index contributed by atoms with van der Waals surface area (Å²) in [6, 6.07) is 7.80. The van der Waals surface area contributed by atoms with E-state index in [4.69, 9.17) is 0 Å². The third-order valence-electron chi connectivity index (χ3n) is 1.83. The first-order chi connectivity index (χ1) is 5.77. The average Bonchev–Trinajstić information content (AvgIpc) is 2.04. The highest BCUT2D eigenvalue weighted by Crippen LogP contribution is 2.29. The van der Waals surface area contributed by atoms with E-state index in [-0.39, 0.29) is 0 Å². The van der Waals surface area contributed by atoms with Crippen molar-refractivity contribution in [2.45, 2.75) is 0 Å². The van der Waals surface area contributed by atoms with Crippen molar-refractivity contribution in [3.63, 3.8) is 0 Å². The van der Waals surface area contributed by atoms with Gasteiger partial charge in [0.25, 0.3) is 0 Å². The fraction of sp³-hybridized carbons (Fsp3) is 0.111. The number of anilines is 1. The van der Waals surface area contributed by atoms with Crippen LogP contribution in [0.2, 0.25) is 0 Å². The van der Waals surface area contributed by atoms with Crippen molar-refractivity contribution in [3.8, 4) is 0 Å². The van der Waals surface area contributed by atoms with Crippen LogP contribution in [0.4, 0.5) is 5.69 Å². The number of para-hydroxylation sites is 1. The molecule has 0 bridgehead atoms. The van der Waals surface area contributed by atoms with E-state index in [9.17, 15) is 5.21 Å². The molecule has 0 aromatic heterocycles. The SMILES string of the molecule is ON1CC(I)=Cc2ccccc21. The number of hydrogen-bond donors (Lipinski definition) is 1. The Hall–Kier alpha value is -0.550. The summed E-state index contributed by atoms with van der Waals surface area (Å²) in [5.41, 5.74) is 1.97. The summed E-state index contributed by atoms with van der Waals surface area (Å²) in [6.45, 7) is 0.595. The molecule has 0 saturated heterocycles. The molecule has 1 heterocycles. The molecule has 1 aromatic rings. The Kier molecular flexibility index (Phi) is 2.06. The van der Waals surface area contributed by atoms with Crippen molar-refractivity contribution in [3.05, 3.63) is 33.4 Å². The van der Waals surface area contributed by atoms with Gasteiger partial charge in [0, 0.05) is 9.14 Å². The maximum Gasteiger partial charge on any atom is 0.0761 e. The lowest BCUT2D eigenvalue weighted by atomic mass is 10.1. The molecule has 0 fully saturated rings. The highest BCUT2D eigenvalue weighted by Gasteiger charge is 2.13. The predicted octanol–water partition coefficient (Wildman–Crippen LogP) is 2.67. The summed E-state index contributed by atoms with van der Waals surface area (Å²) in [5, 5.41) is 10.8. The van der Waals surface area contributed by atoms with Crippen LogP contribution in [-0.4, -0.2) is 11.8 Å². The summed E-state index contributed by atoms with van der Waals surface area (Å²) < 4.78 is 1.15. The fourth-order valence-corrected chi connectivity index (χ4v) is 1.95. The second kappa shape index (κ2) is 3.06. The summed E-state index contributed by atoms with van der Waals surface area (Å²) >= 11 is 2.23. The molecule has 3 heteroatoms. The Morgan fingerprint density at radius 2 is 2.08 bits per heavy atom. The monoisotopic (exact) mass is 273 g/mol. The summed E-state index contributed by atoms with van der Waals surface area (Å²) in [5.74, 6) is 0. The number of hydrogen-bond acceptors (Lipinski definition) is 2. The zero-order valence-electron chi connectivity index (χ0n) is 6.37. The summed E-state index contributed by atoms with van der Waals surface area (Å²) in [6.07, 6.45) is 2.09. The Labute approximate surface area is 84.6 Å². The number of halogens is 1. The maximum absolute atomic E-state index is 9.52. The van der Waals surface area contributed by atoms with Crippen molar-refractivity contribution in [1.29, 1.82) is 0 Å². The molecule has 12 heavy (non-hydrogen) atoms. The van der Waals surface area contributed by atoms with Gasteiger partial charge in [-0.15, -0.1) is 0 Å². The smallest absolute Gasteiger partial charge is 0.0761 e. The van der Waals surface area contributed by atoms with Crippen molar-refractivity contribution in [2.75, 3.05) is 11.6 Å². The van der Waals surface area contributed by atoms with Crippen LogP contribution in [0, 0.1) is 0 Å². The zero-order chi connectivity index (χ0) is 8.55. The van der Waals surface area contributed by atoms with Gasteiger partial charge in [0.15, 0.2) is 0 Å². The van der Waals surface area contributed by atoms with Gasteiger partial charge in [-0.1, -0.05) is 18.2 Å². The van der Waals surface area contributed by atoms with Crippen molar-refractivity contribution in [2.24, 2.45) is 0 Å². The number of rotatable bonds is 0. The van der Waals surface area contributed by atoms with E-state index in [1.165, 1.54) is 5.06 Å². The second-order valence-electron chi connectivity index (χ2n) is 2.71. The van der Waals surface area contributed by atoms with Gasteiger partial charge in [-0.25, -0.2) is 0 Å². The minimum absolute atomic E-state index is 0.595. The summed E-state index contributed by atoms with van der Waals surface area (Å²) in [4.78, 5) is 0. The first-order valence-corrected chi connectivity index (χ1v) is 4.77. The Bertz CT molecular complexity index is 335. The molecule has 0 atom stereocenters. The van der Waals surface area contributed by atoms with E-state index in [2.05, 4.69) is 28.7 Å². The molecular formula is C9H8INO. The molecule has 0 unspecified atom stereocenters. The molecular weight excluding hydrogens is 265 g/mol. The first-order valence-electron chi connectivity index (χ1n) is 3.69. The van der Waals surface area contributed by atoms with Crippen LogP contribution < -0.4 is 5.06 Å². The van der Waals surface area contributed by atoms with E-state index in [1.807, 2.05) is 24.3 Å². The first kappa shape index (κ1) is 8.07. The molecule has 2 rings (SSSR count). The van der Waals surface area contributed by atoms with Crippen molar-refractivity contribution in [1.82, 2.24) is 0 Å². The normalized spacial score (nSPS) is 15.5. The van der Waals surface area contributed by atoms with Crippen LogP contribution >= 0.6 is 22.6 Å². The van der Waals surface area contributed by atoms with E-state index in [0.717, 1.165) is 14.8 Å². The van der Waals surface area contributed by atoms with Crippen LogP contribution in [-0.2, 0) is 0 Å². The average molecular weight is 273 g/mol. The third-order valence-corrected chi connectivity index (χ3v) is 2.48. The van der Waals surface area contributed by atoms with Crippen LogP contribution in [0.25, 0.3) is 6.08 Å². The number of nitrogens with zero attached hydrogens (tertiary/aromatic N) is 1. The van der Waals surface area contributed by atoms with Gasteiger partial charge in [-0.3, -0.25) is 10.3 Å². The molecule has 0 spiro atoms. The standard InChI is InChI=1S/C9H8INO/c10-8-5-7-3-1-2-4-9(7)11(12)6-8/h1-5,12H,6H2. The van der Waals surface area contributed by atoms with E-state index < -0.39 is 0 Å². The van der Waals surface area contributed by atoms with Crippen LogP contribution in [0.1, 0.15) is 5.56 Å². The minimum Gasteiger partial charge on any atom is -0.288 e. The molecule has 0 aliphatic carbocycles. The number of fused-ring (bicyclic) bond motifs is 1. The molecule has 0 saturated carbocycles. The van der Waals surface area contributed by atoms with E-state index >= 15 is 0 Å². The fourth-order valence-electron chi connectivity index (χ4n) is 1.29. The van der Waals surface area contributed by atoms with Gasteiger partial charge in [-0.05, 0) is 34.7 Å². The Morgan fingerprint density at radius 3 is 2.92 bits per heavy atom. The highest BCUT2D eigenvalue weighted by molar-refractivity contribution is 14.1. The molecule has 1 N–H and O–H groups in total. The maximum atomic E-state index is 9.52. The molecule has 1 aromatic carbocycles. The van der Waals surface area contributed by atoms with Gasteiger partial charge < -0.3 is 0 Å². The Balaban J connectivity index is 2.55. The van der Waals surface area contributed by atoms with E-state index in [0.29, 0.717) is 6.54 Å². The highest BCUT2D eigenvalue weighted by atomic mass is 127. The van der Waals surface area contributed by atoms with Gasteiger partial charge in [0.05, 0.1) is 12.2 Å². The van der Waals surface area contributed by atoms with Gasteiger partial charge >= 0.3 is 0 Å².